The molecule has 0 radical (unpaired) electrons. The number of fused-ring (bicyclic) bond motifs is 1. The van der Waals surface area contributed by atoms with Crippen LogP contribution in [0.1, 0.15) is 10.4 Å². The number of nitrogens with one attached hydrogen (secondary N) is 1. The number of methoxy groups -OCH3 is 2. The van der Waals surface area contributed by atoms with Crippen LogP contribution in [0.15, 0.2) is 47.4 Å². The van der Waals surface area contributed by atoms with Gasteiger partial charge in [-0.1, -0.05) is 11.3 Å². The molecule has 0 aliphatic carbocycles. The highest BCUT2D eigenvalue weighted by Crippen LogP contribution is 2.31. The number of sulfonamides is 1. The van der Waals surface area contributed by atoms with E-state index in [1.165, 1.54) is 42.8 Å². The molecule has 0 atom stereocenters. The highest BCUT2D eigenvalue weighted by atomic mass is 32.2. The molecule has 1 aliphatic heterocycles. The lowest BCUT2D eigenvalue weighted by molar-refractivity contribution is 0.102. The first-order valence-corrected chi connectivity index (χ1v) is 14.3. The van der Waals surface area contributed by atoms with Crippen LogP contribution in [-0.4, -0.2) is 102 Å². The SMILES string of the molecule is COCCN(CCOC)S(=O)(=O)c1ccc(C(=O)Nc2ccc3nc(N4CCN(C)CC4)sc3c2)cc1. The van der Waals surface area contributed by atoms with Gasteiger partial charge in [0.1, 0.15) is 0 Å². The van der Waals surface area contributed by atoms with Gasteiger partial charge >= 0.3 is 0 Å². The molecule has 10 nitrogen and oxygen atoms in total. The van der Waals surface area contributed by atoms with Crippen molar-refractivity contribution < 1.29 is 22.7 Å². The van der Waals surface area contributed by atoms with Crippen LogP contribution < -0.4 is 10.2 Å². The Bertz CT molecular complexity index is 1300. The molecule has 1 aromatic heterocycles. The summed E-state index contributed by atoms with van der Waals surface area (Å²) in [6.45, 7) is 4.87. The Morgan fingerprint density at radius 3 is 2.30 bits per heavy atom. The van der Waals surface area contributed by atoms with E-state index in [9.17, 15) is 13.2 Å². The number of aromatic nitrogens is 1. The fraction of sp³-hybridized carbons (Fsp3) is 0.440. The van der Waals surface area contributed by atoms with Crippen LogP contribution in [-0.2, 0) is 19.5 Å². The van der Waals surface area contributed by atoms with E-state index in [-0.39, 0.29) is 37.1 Å². The summed E-state index contributed by atoms with van der Waals surface area (Å²) in [7, 11) is 1.41. The van der Waals surface area contributed by atoms with Crippen molar-refractivity contribution >= 4 is 48.3 Å². The average molecular weight is 548 g/mol. The third-order valence-corrected chi connectivity index (χ3v) is 9.24. The number of benzene rings is 2. The van der Waals surface area contributed by atoms with Gasteiger partial charge in [-0.2, -0.15) is 4.31 Å². The van der Waals surface area contributed by atoms with Crippen molar-refractivity contribution in [3.63, 3.8) is 0 Å². The molecule has 1 saturated heterocycles. The molecule has 200 valence electrons. The lowest BCUT2D eigenvalue weighted by Gasteiger charge is -2.31. The van der Waals surface area contributed by atoms with Gasteiger partial charge in [-0.3, -0.25) is 4.79 Å². The van der Waals surface area contributed by atoms with Gasteiger partial charge in [0.15, 0.2) is 5.13 Å². The van der Waals surface area contributed by atoms with Crippen molar-refractivity contribution in [3.8, 4) is 0 Å². The zero-order chi connectivity index (χ0) is 26.4. The molecule has 3 aromatic rings. The van der Waals surface area contributed by atoms with Gasteiger partial charge < -0.3 is 24.6 Å². The molecular formula is C25H33N5O5S2. The molecule has 2 aromatic carbocycles. The fourth-order valence-corrected chi connectivity index (χ4v) is 6.46. The van der Waals surface area contributed by atoms with E-state index in [1.807, 2.05) is 18.2 Å². The number of carbonyl (C=O) groups excluding carboxylic acids is 1. The van der Waals surface area contributed by atoms with Gasteiger partial charge in [0.05, 0.1) is 28.3 Å². The Hall–Kier alpha value is -2.61. The molecule has 0 unspecified atom stereocenters. The number of hydrogen-bond acceptors (Lipinski definition) is 9. The summed E-state index contributed by atoms with van der Waals surface area (Å²) < 4.78 is 38.6. The molecule has 1 fully saturated rings. The predicted octanol–water partition coefficient (Wildman–Crippen LogP) is 2.58. The van der Waals surface area contributed by atoms with Crippen molar-refractivity contribution in [1.82, 2.24) is 14.2 Å². The number of carbonyl (C=O) groups is 1. The van der Waals surface area contributed by atoms with Crippen LogP contribution in [0.5, 0.6) is 0 Å². The Kier molecular flexibility index (Phi) is 9.11. The molecular weight excluding hydrogens is 514 g/mol. The van der Waals surface area contributed by atoms with E-state index < -0.39 is 10.0 Å². The van der Waals surface area contributed by atoms with Crippen LogP contribution in [0, 0.1) is 0 Å². The lowest BCUT2D eigenvalue weighted by atomic mass is 10.2. The third kappa shape index (κ3) is 6.64. The number of piperazine rings is 1. The number of likely N-dealkylation sites (N-methyl/N-ethyl adjacent to an activating group) is 1. The monoisotopic (exact) mass is 547 g/mol. The largest absolute Gasteiger partial charge is 0.383 e. The van der Waals surface area contributed by atoms with Crippen molar-refractivity contribution in [2.75, 3.05) is 84.0 Å². The summed E-state index contributed by atoms with van der Waals surface area (Å²) in [5.74, 6) is -0.317. The van der Waals surface area contributed by atoms with E-state index in [0.29, 0.717) is 11.3 Å². The number of nitrogens with zero attached hydrogens (tertiary/aromatic N) is 4. The topological polar surface area (TPSA) is 104 Å². The minimum absolute atomic E-state index is 0.110. The molecule has 0 saturated carbocycles. The van der Waals surface area contributed by atoms with Gasteiger partial charge in [-0.15, -0.1) is 0 Å². The second-order valence-electron chi connectivity index (χ2n) is 8.84. The van der Waals surface area contributed by atoms with Crippen molar-refractivity contribution in [1.29, 1.82) is 0 Å². The van der Waals surface area contributed by atoms with E-state index in [4.69, 9.17) is 14.5 Å². The maximum absolute atomic E-state index is 13.1. The Labute approximate surface area is 221 Å². The lowest BCUT2D eigenvalue weighted by Crippen LogP contribution is -2.44. The molecule has 1 N–H and O–H groups in total. The summed E-state index contributed by atoms with van der Waals surface area (Å²) in [4.78, 5) is 22.4. The van der Waals surface area contributed by atoms with Crippen molar-refractivity contribution in [2.24, 2.45) is 0 Å². The second kappa shape index (κ2) is 12.3. The third-order valence-electron chi connectivity index (χ3n) is 6.25. The Morgan fingerprint density at radius 2 is 1.68 bits per heavy atom. The average Bonchev–Trinajstić information content (AvgIpc) is 3.32. The van der Waals surface area contributed by atoms with Gasteiger partial charge in [0.25, 0.3) is 5.91 Å². The summed E-state index contributed by atoms with van der Waals surface area (Å²) in [6.07, 6.45) is 0. The highest BCUT2D eigenvalue weighted by molar-refractivity contribution is 7.89. The first-order valence-electron chi connectivity index (χ1n) is 12.1. The van der Waals surface area contributed by atoms with Gasteiger partial charge in [-0.05, 0) is 49.5 Å². The van der Waals surface area contributed by atoms with Crippen LogP contribution in [0.25, 0.3) is 10.2 Å². The predicted molar refractivity (Wildman–Crippen MR) is 146 cm³/mol. The first kappa shape index (κ1) is 27.4. The zero-order valence-corrected chi connectivity index (χ0v) is 23.0. The highest BCUT2D eigenvalue weighted by Gasteiger charge is 2.24. The molecule has 4 rings (SSSR count). The van der Waals surface area contributed by atoms with Crippen LogP contribution >= 0.6 is 11.3 Å². The number of anilines is 2. The molecule has 37 heavy (non-hydrogen) atoms. The molecule has 0 spiro atoms. The number of thiazole rings is 1. The Balaban J connectivity index is 1.44. The summed E-state index contributed by atoms with van der Waals surface area (Å²) in [5, 5.41) is 3.90. The van der Waals surface area contributed by atoms with E-state index >= 15 is 0 Å². The fourth-order valence-electron chi connectivity index (χ4n) is 3.99. The van der Waals surface area contributed by atoms with Crippen LogP contribution in [0.2, 0.25) is 0 Å². The zero-order valence-electron chi connectivity index (χ0n) is 21.3. The van der Waals surface area contributed by atoms with Crippen molar-refractivity contribution in [2.45, 2.75) is 4.90 Å². The molecule has 0 bridgehead atoms. The normalized spacial score (nSPS) is 15.0. The number of amides is 1. The quantitative estimate of drug-likeness (QED) is 0.391. The number of rotatable bonds is 11. The maximum atomic E-state index is 13.1. The molecule has 12 heteroatoms. The van der Waals surface area contributed by atoms with Gasteiger partial charge in [0, 0.05) is 64.7 Å². The number of ether oxygens (including phenoxy) is 2. The maximum Gasteiger partial charge on any atom is 0.255 e. The van der Waals surface area contributed by atoms with E-state index in [2.05, 4.69) is 22.2 Å². The first-order chi connectivity index (χ1) is 17.8. The summed E-state index contributed by atoms with van der Waals surface area (Å²) >= 11 is 1.62. The second-order valence-corrected chi connectivity index (χ2v) is 11.8. The van der Waals surface area contributed by atoms with Crippen LogP contribution in [0.3, 0.4) is 0 Å². The van der Waals surface area contributed by atoms with Gasteiger partial charge in [0.2, 0.25) is 10.0 Å². The standard InChI is InChI=1S/C25H33N5O5S2/c1-28-10-12-29(13-11-28)25-27-22-9-6-20(18-23(22)36-25)26-24(31)19-4-7-21(8-5-19)37(32,33)30(14-16-34-2)15-17-35-3/h4-9,18H,10-17H2,1-3H3,(H,26,31). The number of hydrogen-bond donors (Lipinski definition) is 1. The van der Waals surface area contributed by atoms with Crippen LogP contribution in [0.4, 0.5) is 10.8 Å². The molecule has 1 aliphatic rings. The van der Waals surface area contributed by atoms with E-state index in [1.54, 1.807) is 11.3 Å². The summed E-state index contributed by atoms with van der Waals surface area (Å²) in [6, 6.07) is 11.6. The van der Waals surface area contributed by atoms with Gasteiger partial charge in [-0.25, -0.2) is 13.4 Å². The molecule has 2 heterocycles. The smallest absolute Gasteiger partial charge is 0.255 e. The van der Waals surface area contributed by atoms with Crippen molar-refractivity contribution in [3.05, 3.63) is 48.0 Å². The summed E-state index contributed by atoms with van der Waals surface area (Å²) in [5.41, 5.74) is 1.92. The van der Waals surface area contributed by atoms with E-state index in [0.717, 1.165) is 41.5 Å². The molecule has 1 amide bonds. The Morgan fingerprint density at radius 1 is 1.03 bits per heavy atom. The minimum atomic E-state index is -3.75. The minimum Gasteiger partial charge on any atom is -0.383 e.